The lowest BCUT2D eigenvalue weighted by molar-refractivity contribution is -0.908. The molecule has 1 unspecified atom stereocenters. The van der Waals surface area contributed by atoms with Gasteiger partial charge in [0.25, 0.3) is 0 Å². The zero-order valence-electron chi connectivity index (χ0n) is 14.2. The standard InChI is InChI=1S/C18H23N5O/c1-3-23-8-4-5-12(23)10-19-18-17-16(20-11-21-18)14-9-13(24-2)6-7-15(14)22-17/h6-7,9,11-12,22H,3-5,8,10H2,1-2H3,(H,19,20,21)/p+1/t12-/m0/s1. The number of ether oxygens (including phenoxy) is 1. The largest absolute Gasteiger partial charge is 0.497 e. The molecule has 4 rings (SSSR count). The van der Waals surface area contributed by atoms with Crippen LogP contribution in [0, 0.1) is 0 Å². The molecule has 0 spiro atoms. The smallest absolute Gasteiger partial charge is 0.154 e. The zero-order chi connectivity index (χ0) is 16.5. The van der Waals surface area contributed by atoms with E-state index in [1.807, 2.05) is 18.2 Å². The van der Waals surface area contributed by atoms with Gasteiger partial charge in [-0.15, -0.1) is 0 Å². The Bertz CT molecular complexity index is 859. The van der Waals surface area contributed by atoms with Crippen LogP contribution in [0.1, 0.15) is 19.8 Å². The van der Waals surface area contributed by atoms with Crippen molar-refractivity contribution in [3.63, 3.8) is 0 Å². The molecule has 1 aromatic carbocycles. The number of H-pyrrole nitrogens is 1. The van der Waals surface area contributed by atoms with E-state index in [1.54, 1.807) is 18.3 Å². The van der Waals surface area contributed by atoms with Crippen LogP contribution >= 0.6 is 0 Å². The Kier molecular flexibility index (Phi) is 3.98. The van der Waals surface area contributed by atoms with E-state index in [2.05, 4.69) is 27.2 Å². The zero-order valence-corrected chi connectivity index (χ0v) is 14.2. The molecule has 6 nitrogen and oxygen atoms in total. The van der Waals surface area contributed by atoms with Crippen molar-refractivity contribution in [2.75, 3.05) is 32.1 Å². The summed E-state index contributed by atoms with van der Waals surface area (Å²) >= 11 is 0. The summed E-state index contributed by atoms with van der Waals surface area (Å²) in [5.74, 6) is 1.72. The van der Waals surface area contributed by atoms with Gasteiger partial charge >= 0.3 is 0 Å². The Morgan fingerprint density at radius 2 is 2.29 bits per heavy atom. The Hall–Kier alpha value is -2.34. The lowest BCUT2D eigenvalue weighted by Crippen LogP contribution is -3.14. The molecule has 2 aromatic heterocycles. The van der Waals surface area contributed by atoms with Crippen LogP contribution in [0.25, 0.3) is 21.9 Å². The summed E-state index contributed by atoms with van der Waals surface area (Å²) in [7, 11) is 1.68. The van der Waals surface area contributed by atoms with E-state index in [9.17, 15) is 0 Å². The van der Waals surface area contributed by atoms with E-state index in [0.29, 0.717) is 6.04 Å². The Balaban J connectivity index is 1.66. The van der Waals surface area contributed by atoms with E-state index in [-0.39, 0.29) is 0 Å². The highest BCUT2D eigenvalue weighted by Crippen LogP contribution is 2.29. The third-order valence-corrected chi connectivity index (χ3v) is 5.19. The monoisotopic (exact) mass is 326 g/mol. The summed E-state index contributed by atoms with van der Waals surface area (Å²) in [6.45, 7) is 5.70. The first-order valence-corrected chi connectivity index (χ1v) is 8.69. The molecule has 0 saturated carbocycles. The molecule has 1 aliphatic rings. The quantitative estimate of drug-likeness (QED) is 0.666. The van der Waals surface area contributed by atoms with Crippen LogP contribution in [0.3, 0.4) is 0 Å². The molecule has 0 radical (unpaired) electrons. The molecular formula is C18H24N5O+. The molecule has 2 atom stereocenters. The fraction of sp³-hybridized carbons (Fsp3) is 0.444. The second kappa shape index (κ2) is 6.28. The van der Waals surface area contributed by atoms with Gasteiger partial charge in [-0.2, -0.15) is 0 Å². The molecular weight excluding hydrogens is 302 g/mol. The van der Waals surface area contributed by atoms with Gasteiger partial charge < -0.3 is 19.9 Å². The van der Waals surface area contributed by atoms with Crippen LogP contribution in [0.2, 0.25) is 0 Å². The molecule has 24 heavy (non-hydrogen) atoms. The first-order chi connectivity index (χ1) is 11.8. The van der Waals surface area contributed by atoms with Gasteiger partial charge in [-0.1, -0.05) is 0 Å². The number of hydrogen-bond acceptors (Lipinski definition) is 4. The number of quaternary nitrogens is 1. The number of nitrogens with zero attached hydrogens (tertiary/aromatic N) is 2. The molecule has 3 heterocycles. The highest BCUT2D eigenvalue weighted by Gasteiger charge is 2.27. The topological polar surface area (TPSA) is 67.3 Å². The Morgan fingerprint density at radius 3 is 3.12 bits per heavy atom. The fourth-order valence-corrected chi connectivity index (χ4v) is 3.85. The summed E-state index contributed by atoms with van der Waals surface area (Å²) < 4.78 is 5.33. The van der Waals surface area contributed by atoms with Crippen molar-refractivity contribution in [2.45, 2.75) is 25.8 Å². The van der Waals surface area contributed by atoms with Crippen molar-refractivity contribution in [1.29, 1.82) is 0 Å². The number of anilines is 1. The van der Waals surface area contributed by atoms with Gasteiger partial charge in [0.05, 0.1) is 26.7 Å². The molecule has 0 bridgehead atoms. The Morgan fingerprint density at radius 1 is 1.38 bits per heavy atom. The summed E-state index contributed by atoms with van der Waals surface area (Å²) in [6.07, 6.45) is 4.24. The van der Waals surface area contributed by atoms with Gasteiger partial charge in [0, 0.05) is 23.7 Å². The van der Waals surface area contributed by atoms with Crippen LogP contribution in [0.4, 0.5) is 5.82 Å². The lowest BCUT2D eigenvalue weighted by Gasteiger charge is -2.20. The van der Waals surface area contributed by atoms with Gasteiger partial charge in [0.1, 0.15) is 29.2 Å². The molecule has 1 aliphatic heterocycles. The summed E-state index contributed by atoms with van der Waals surface area (Å²) in [5, 5.41) is 4.62. The molecule has 1 saturated heterocycles. The first-order valence-electron chi connectivity index (χ1n) is 8.69. The maximum absolute atomic E-state index is 5.33. The fourth-order valence-electron chi connectivity index (χ4n) is 3.85. The number of nitrogens with one attached hydrogen (secondary N) is 3. The average molecular weight is 326 g/mol. The van der Waals surface area contributed by atoms with E-state index in [0.717, 1.165) is 40.0 Å². The number of likely N-dealkylation sites (N-methyl/N-ethyl adjacent to an activating group) is 1. The van der Waals surface area contributed by atoms with E-state index in [1.165, 1.54) is 25.9 Å². The van der Waals surface area contributed by atoms with Crippen molar-refractivity contribution >= 4 is 27.8 Å². The molecule has 3 N–H and O–H groups in total. The number of aromatic nitrogens is 3. The van der Waals surface area contributed by atoms with Crippen LogP contribution in [-0.2, 0) is 0 Å². The number of likely N-dealkylation sites (tertiary alicyclic amines) is 1. The van der Waals surface area contributed by atoms with Crippen molar-refractivity contribution in [3.05, 3.63) is 24.5 Å². The van der Waals surface area contributed by atoms with Crippen LogP contribution in [0.15, 0.2) is 24.5 Å². The normalized spacial score (nSPS) is 20.8. The molecule has 6 heteroatoms. The number of benzene rings is 1. The molecule has 1 fully saturated rings. The minimum Gasteiger partial charge on any atom is -0.497 e. The van der Waals surface area contributed by atoms with E-state index in [4.69, 9.17) is 4.74 Å². The molecule has 126 valence electrons. The van der Waals surface area contributed by atoms with Gasteiger partial charge in [-0.3, -0.25) is 0 Å². The van der Waals surface area contributed by atoms with E-state index >= 15 is 0 Å². The maximum Gasteiger partial charge on any atom is 0.154 e. The minimum atomic E-state index is 0.671. The van der Waals surface area contributed by atoms with Crippen molar-refractivity contribution in [1.82, 2.24) is 15.0 Å². The molecule has 3 aromatic rings. The number of rotatable bonds is 5. The predicted octanol–water partition coefficient (Wildman–Crippen LogP) is 1.60. The lowest BCUT2D eigenvalue weighted by atomic mass is 10.2. The number of hydrogen-bond donors (Lipinski definition) is 3. The first kappa shape index (κ1) is 15.2. The summed E-state index contributed by atoms with van der Waals surface area (Å²) in [5.41, 5.74) is 2.96. The third kappa shape index (κ3) is 2.57. The van der Waals surface area contributed by atoms with Gasteiger partial charge in [-0.05, 0) is 25.1 Å². The van der Waals surface area contributed by atoms with Gasteiger partial charge in [0.15, 0.2) is 5.82 Å². The summed E-state index contributed by atoms with van der Waals surface area (Å²) in [4.78, 5) is 14.1. The van der Waals surface area contributed by atoms with Crippen LogP contribution in [-0.4, -0.2) is 47.7 Å². The van der Waals surface area contributed by atoms with Crippen LogP contribution < -0.4 is 15.0 Å². The maximum atomic E-state index is 5.33. The molecule has 0 amide bonds. The highest BCUT2D eigenvalue weighted by molar-refractivity contribution is 6.08. The van der Waals surface area contributed by atoms with Crippen LogP contribution in [0.5, 0.6) is 5.75 Å². The SMILES string of the molecule is CC[NH+]1CCC[C@H]1CNc1ncnc2c1[nH]c1ccc(OC)cc12. The van der Waals surface area contributed by atoms with Crippen molar-refractivity contribution in [2.24, 2.45) is 0 Å². The molecule has 0 aliphatic carbocycles. The van der Waals surface area contributed by atoms with E-state index < -0.39 is 0 Å². The number of fused-ring (bicyclic) bond motifs is 3. The predicted molar refractivity (Wildman–Crippen MR) is 95.8 cm³/mol. The highest BCUT2D eigenvalue weighted by atomic mass is 16.5. The minimum absolute atomic E-state index is 0.671. The second-order valence-corrected chi connectivity index (χ2v) is 6.46. The Labute approximate surface area is 141 Å². The number of aromatic amines is 1. The number of methoxy groups -OCH3 is 1. The average Bonchev–Trinajstić information content (AvgIpc) is 3.23. The third-order valence-electron chi connectivity index (χ3n) is 5.19. The van der Waals surface area contributed by atoms with Gasteiger partial charge in [0.2, 0.25) is 0 Å². The van der Waals surface area contributed by atoms with Crippen molar-refractivity contribution < 1.29 is 9.64 Å². The van der Waals surface area contributed by atoms with Crippen molar-refractivity contribution in [3.8, 4) is 5.75 Å². The second-order valence-electron chi connectivity index (χ2n) is 6.46. The van der Waals surface area contributed by atoms with Gasteiger partial charge in [-0.25, -0.2) is 9.97 Å². The summed E-state index contributed by atoms with van der Waals surface area (Å²) in [6, 6.07) is 6.67.